The number of amides is 1. The highest BCUT2D eigenvalue weighted by atomic mass is 35.5. The molecule has 0 heterocycles. The highest BCUT2D eigenvalue weighted by Crippen LogP contribution is 2.50. The van der Waals surface area contributed by atoms with Crippen LogP contribution in [-0.2, 0) is 9.59 Å². The van der Waals surface area contributed by atoms with E-state index >= 15 is 0 Å². The molecule has 3 unspecified atom stereocenters. The fourth-order valence-corrected chi connectivity index (χ4v) is 2.84. The predicted octanol–water partition coefficient (Wildman–Crippen LogP) is 3.47. The lowest BCUT2D eigenvalue weighted by molar-refractivity contribution is -0.147. The first kappa shape index (κ1) is 16.1. The summed E-state index contributed by atoms with van der Waals surface area (Å²) in [5.41, 5.74) is -0.344. The van der Waals surface area contributed by atoms with Crippen molar-refractivity contribution in [2.24, 2.45) is 5.92 Å². The Kier molecular flexibility index (Phi) is 4.49. The normalized spacial score (nSPS) is 23.2. The topological polar surface area (TPSA) is 66.4 Å². The summed E-state index contributed by atoms with van der Waals surface area (Å²) in [5.74, 6) is -1.46. The maximum Gasteiger partial charge on any atom is 0.329 e. The Morgan fingerprint density at radius 1 is 1.43 bits per heavy atom. The van der Waals surface area contributed by atoms with Crippen LogP contribution in [0, 0.1) is 5.92 Å². The van der Waals surface area contributed by atoms with Gasteiger partial charge in [0, 0.05) is 16.0 Å². The average molecular weight is 330 g/mol. The molecule has 0 bridgehead atoms. The Labute approximate surface area is 133 Å². The third-order valence-electron chi connectivity index (χ3n) is 4.07. The number of carboxylic acids is 1. The van der Waals surface area contributed by atoms with E-state index in [9.17, 15) is 14.7 Å². The second kappa shape index (κ2) is 5.85. The van der Waals surface area contributed by atoms with Crippen LogP contribution in [0.2, 0.25) is 10.0 Å². The molecule has 0 aliphatic heterocycles. The SMILES string of the molecule is CCC(C)(NC(=O)C1CC1c1ccc(Cl)cc1Cl)C(=O)O. The van der Waals surface area contributed by atoms with Gasteiger partial charge in [-0.25, -0.2) is 4.79 Å². The lowest BCUT2D eigenvalue weighted by atomic mass is 9.98. The van der Waals surface area contributed by atoms with Gasteiger partial charge in [-0.15, -0.1) is 0 Å². The number of aliphatic carboxylic acids is 1. The van der Waals surface area contributed by atoms with Crippen LogP contribution < -0.4 is 5.32 Å². The molecule has 0 spiro atoms. The molecule has 1 amide bonds. The molecule has 6 heteroatoms. The number of rotatable bonds is 5. The van der Waals surface area contributed by atoms with E-state index in [1.54, 1.807) is 19.1 Å². The van der Waals surface area contributed by atoms with Crippen molar-refractivity contribution in [1.29, 1.82) is 0 Å². The lowest BCUT2D eigenvalue weighted by Gasteiger charge is -2.24. The van der Waals surface area contributed by atoms with E-state index in [-0.39, 0.29) is 17.7 Å². The molecule has 0 radical (unpaired) electrons. The van der Waals surface area contributed by atoms with E-state index in [0.29, 0.717) is 22.9 Å². The van der Waals surface area contributed by atoms with Crippen LogP contribution in [0.4, 0.5) is 0 Å². The molecular weight excluding hydrogens is 313 g/mol. The predicted molar refractivity (Wildman–Crippen MR) is 81.8 cm³/mol. The summed E-state index contributed by atoms with van der Waals surface area (Å²) in [7, 11) is 0. The van der Waals surface area contributed by atoms with Crippen LogP contribution in [-0.4, -0.2) is 22.5 Å². The van der Waals surface area contributed by atoms with Gasteiger partial charge in [0.15, 0.2) is 0 Å². The smallest absolute Gasteiger partial charge is 0.329 e. The zero-order chi connectivity index (χ0) is 15.8. The first-order chi connectivity index (χ1) is 9.78. The standard InChI is InChI=1S/C15H17Cl2NO3/c1-3-15(2,14(20)21)18-13(19)11-7-10(11)9-5-4-8(16)6-12(9)17/h4-6,10-11H,3,7H2,1-2H3,(H,18,19)(H,20,21). The van der Waals surface area contributed by atoms with Gasteiger partial charge in [-0.05, 0) is 43.4 Å². The highest BCUT2D eigenvalue weighted by molar-refractivity contribution is 6.35. The molecular formula is C15H17Cl2NO3. The summed E-state index contributed by atoms with van der Waals surface area (Å²) in [6, 6.07) is 5.21. The number of nitrogens with one attached hydrogen (secondary N) is 1. The molecule has 0 aromatic heterocycles. The van der Waals surface area contributed by atoms with Crippen molar-refractivity contribution in [3.63, 3.8) is 0 Å². The minimum Gasteiger partial charge on any atom is -0.480 e. The van der Waals surface area contributed by atoms with E-state index < -0.39 is 11.5 Å². The van der Waals surface area contributed by atoms with Crippen molar-refractivity contribution in [3.8, 4) is 0 Å². The molecule has 2 rings (SSSR count). The first-order valence-electron chi connectivity index (χ1n) is 6.79. The summed E-state index contributed by atoms with van der Waals surface area (Å²) >= 11 is 12.0. The summed E-state index contributed by atoms with van der Waals surface area (Å²) in [6.07, 6.45) is 1.000. The number of halogens is 2. The third kappa shape index (κ3) is 3.33. The van der Waals surface area contributed by atoms with Gasteiger partial charge in [-0.2, -0.15) is 0 Å². The van der Waals surface area contributed by atoms with Crippen molar-refractivity contribution < 1.29 is 14.7 Å². The minimum atomic E-state index is -1.23. The second-order valence-corrected chi connectivity index (χ2v) is 6.44. The molecule has 1 saturated carbocycles. The van der Waals surface area contributed by atoms with E-state index in [0.717, 1.165) is 5.56 Å². The van der Waals surface area contributed by atoms with E-state index in [4.69, 9.17) is 23.2 Å². The van der Waals surface area contributed by atoms with Crippen LogP contribution in [0.15, 0.2) is 18.2 Å². The fourth-order valence-electron chi connectivity index (χ4n) is 2.29. The van der Waals surface area contributed by atoms with Crippen LogP contribution in [0.25, 0.3) is 0 Å². The Balaban J connectivity index is 2.06. The van der Waals surface area contributed by atoms with Crippen molar-refractivity contribution in [1.82, 2.24) is 5.32 Å². The molecule has 1 aromatic rings. The van der Waals surface area contributed by atoms with E-state index in [2.05, 4.69) is 5.32 Å². The van der Waals surface area contributed by atoms with Crippen LogP contribution in [0.3, 0.4) is 0 Å². The summed E-state index contributed by atoms with van der Waals surface area (Å²) in [4.78, 5) is 23.4. The van der Waals surface area contributed by atoms with Crippen molar-refractivity contribution >= 4 is 35.1 Å². The zero-order valence-corrected chi connectivity index (χ0v) is 13.3. The number of carbonyl (C=O) groups is 2. The van der Waals surface area contributed by atoms with Gasteiger partial charge in [0.05, 0.1) is 0 Å². The van der Waals surface area contributed by atoms with Crippen molar-refractivity contribution in [2.45, 2.75) is 38.1 Å². The molecule has 1 aliphatic rings. The number of hydrogen-bond acceptors (Lipinski definition) is 2. The highest BCUT2D eigenvalue weighted by Gasteiger charge is 2.47. The Morgan fingerprint density at radius 3 is 2.62 bits per heavy atom. The Hall–Kier alpha value is -1.26. The first-order valence-corrected chi connectivity index (χ1v) is 7.54. The molecule has 1 fully saturated rings. The van der Waals surface area contributed by atoms with Gasteiger partial charge in [-0.3, -0.25) is 4.79 Å². The number of benzene rings is 1. The number of carbonyl (C=O) groups excluding carboxylic acids is 1. The van der Waals surface area contributed by atoms with Crippen molar-refractivity contribution in [3.05, 3.63) is 33.8 Å². The van der Waals surface area contributed by atoms with Gasteiger partial charge in [0.2, 0.25) is 5.91 Å². The molecule has 21 heavy (non-hydrogen) atoms. The molecule has 2 N–H and O–H groups in total. The average Bonchev–Trinajstić information content (AvgIpc) is 3.18. The number of hydrogen-bond donors (Lipinski definition) is 2. The largest absolute Gasteiger partial charge is 0.480 e. The molecule has 0 saturated heterocycles. The van der Waals surface area contributed by atoms with Crippen LogP contribution in [0.1, 0.15) is 38.2 Å². The molecule has 4 nitrogen and oxygen atoms in total. The maximum absolute atomic E-state index is 12.2. The summed E-state index contributed by atoms with van der Waals surface area (Å²) in [6.45, 7) is 3.24. The summed E-state index contributed by atoms with van der Waals surface area (Å²) < 4.78 is 0. The van der Waals surface area contributed by atoms with Crippen LogP contribution >= 0.6 is 23.2 Å². The van der Waals surface area contributed by atoms with Crippen LogP contribution in [0.5, 0.6) is 0 Å². The van der Waals surface area contributed by atoms with Gasteiger partial charge in [-0.1, -0.05) is 36.2 Å². The maximum atomic E-state index is 12.2. The van der Waals surface area contributed by atoms with Gasteiger partial charge >= 0.3 is 5.97 Å². The fraction of sp³-hybridized carbons (Fsp3) is 0.467. The molecule has 3 atom stereocenters. The second-order valence-electron chi connectivity index (χ2n) is 5.59. The molecule has 1 aromatic carbocycles. The van der Waals surface area contributed by atoms with Gasteiger partial charge in [0.25, 0.3) is 0 Å². The third-order valence-corrected chi connectivity index (χ3v) is 4.63. The van der Waals surface area contributed by atoms with Gasteiger partial charge in [0.1, 0.15) is 5.54 Å². The Morgan fingerprint density at radius 2 is 2.10 bits per heavy atom. The minimum absolute atomic E-state index is 0.0321. The van der Waals surface area contributed by atoms with E-state index in [1.807, 2.05) is 6.07 Å². The molecule has 114 valence electrons. The summed E-state index contributed by atoms with van der Waals surface area (Å²) in [5, 5.41) is 12.9. The van der Waals surface area contributed by atoms with Crippen molar-refractivity contribution in [2.75, 3.05) is 0 Å². The quantitative estimate of drug-likeness (QED) is 0.869. The monoisotopic (exact) mass is 329 g/mol. The number of carboxylic acid groups (broad SMARTS) is 1. The van der Waals surface area contributed by atoms with Gasteiger partial charge < -0.3 is 10.4 Å². The zero-order valence-electron chi connectivity index (χ0n) is 11.8. The molecule has 1 aliphatic carbocycles. The Bertz CT molecular complexity index is 590. The van der Waals surface area contributed by atoms with E-state index in [1.165, 1.54) is 6.92 Å². The lowest BCUT2D eigenvalue weighted by Crippen LogP contribution is -2.52.